The van der Waals surface area contributed by atoms with Crippen LogP contribution in [-0.4, -0.2) is 24.0 Å². The highest BCUT2D eigenvalue weighted by Crippen LogP contribution is 2.18. The van der Waals surface area contributed by atoms with Crippen LogP contribution in [0.15, 0.2) is 4.99 Å². The predicted octanol–water partition coefficient (Wildman–Crippen LogP) is 1.60. The number of amides is 2. The summed E-state index contributed by atoms with van der Waals surface area (Å²) in [5, 5.41) is 9.76. The first kappa shape index (κ1) is 9.89. The van der Waals surface area contributed by atoms with E-state index in [0.29, 0.717) is 11.8 Å². The Bertz CT molecular complexity index is 243. The molecule has 13 heavy (non-hydrogen) atoms. The molecule has 1 aliphatic carbocycles. The molecule has 0 aliphatic heterocycles. The third-order valence-electron chi connectivity index (χ3n) is 2.09. The maximum absolute atomic E-state index is 11.2. The SMILES string of the molecule is CC(=NC(=O)NC1CC1)C(C)C=N. The van der Waals surface area contributed by atoms with Crippen LogP contribution in [0.5, 0.6) is 0 Å². The van der Waals surface area contributed by atoms with E-state index in [4.69, 9.17) is 5.41 Å². The summed E-state index contributed by atoms with van der Waals surface area (Å²) >= 11 is 0. The zero-order valence-corrected chi connectivity index (χ0v) is 8.00. The van der Waals surface area contributed by atoms with Gasteiger partial charge in [-0.25, -0.2) is 9.79 Å². The fraction of sp³-hybridized carbons (Fsp3) is 0.667. The molecule has 1 aliphatic rings. The van der Waals surface area contributed by atoms with Crippen molar-refractivity contribution in [2.45, 2.75) is 32.7 Å². The molecule has 0 aromatic heterocycles. The highest BCUT2D eigenvalue weighted by Gasteiger charge is 2.23. The third-order valence-corrected chi connectivity index (χ3v) is 2.09. The quantitative estimate of drug-likeness (QED) is 0.638. The Balaban J connectivity index is 2.41. The van der Waals surface area contributed by atoms with E-state index < -0.39 is 0 Å². The maximum atomic E-state index is 11.2. The Morgan fingerprint density at radius 1 is 1.69 bits per heavy atom. The van der Waals surface area contributed by atoms with Gasteiger partial charge in [0.2, 0.25) is 0 Å². The van der Waals surface area contributed by atoms with Crippen LogP contribution in [0.3, 0.4) is 0 Å². The molecule has 1 atom stereocenters. The average Bonchev–Trinajstić information content (AvgIpc) is 2.86. The fourth-order valence-corrected chi connectivity index (χ4v) is 0.817. The smallest absolute Gasteiger partial charge is 0.334 e. The highest BCUT2D eigenvalue weighted by molar-refractivity contribution is 6.01. The van der Waals surface area contributed by atoms with E-state index in [0.717, 1.165) is 12.8 Å². The minimum Gasteiger partial charge on any atom is -0.334 e. The van der Waals surface area contributed by atoms with Gasteiger partial charge in [0.05, 0.1) is 0 Å². The van der Waals surface area contributed by atoms with E-state index in [2.05, 4.69) is 10.3 Å². The van der Waals surface area contributed by atoms with Crippen molar-refractivity contribution in [3.63, 3.8) is 0 Å². The zero-order valence-electron chi connectivity index (χ0n) is 8.00. The number of hydrogen-bond acceptors (Lipinski definition) is 2. The molecule has 1 fully saturated rings. The minimum absolute atomic E-state index is 0.0510. The summed E-state index contributed by atoms with van der Waals surface area (Å²) in [7, 11) is 0. The van der Waals surface area contributed by atoms with E-state index in [1.54, 1.807) is 6.92 Å². The van der Waals surface area contributed by atoms with Crippen molar-refractivity contribution in [1.29, 1.82) is 5.41 Å². The van der Waals surface area contributed by atoms with E-state index in [-0.39, 0.29) is 11.9 Å². The lowest BCUT2D eigenvalue weighted by molar-refractivity contribution is 0.249. The van der Waals surface area contributed by atoms with Crippen LogP contribution in [0.1, 0.15) is 26.7 Å². The number of carbonyl (C=O) groups is 1. The molecule has 2 amide bonds. The molecule has 1 unspecified atom stereocenters. The molecule has 1 rings (SSSR count). The normalized spacial score (nSPS) is 19.4. The molecule has 0 spiro atoms. The van der Waals surface area contributed by atoms with Crippen molar-refractivity contribution < 1.29 is 4.79 Å². The van der Waals surface area contributed by atoms with Gasteiger partial charge >= 0.3 is 6.03 Å². The fourth-order valence-electron chi connectivity index (χ4n) is 0.817. The molecule has 2 N–H and O–H groups in total. The standard InChI is InChI=1S/C9H15N3O/c1-6(5-10)7(2)11-9(13)12-8-3-4-8/h5-6,8,10H,3-4H2,1-2H3,(H,12,13). The molecule has 0 heterocycles. The van der Waals surface area contributed by atoms with Crippen LogP contribution in [0.2, 0.25) is 0 Å². The number of rotatable bonds is 3. The second-order valence-corrected chi connectivity index (χ2v) is 3.43. The Hall–Kier alpha value is -1.19. The van der Waals surface area contributed by atoms with Crippen LogP contribution in [0.25, 0.3) is 0 Å². The summed E-state index contributed by atoms with van der Waals surface area (Å²) < 4.78 is 0. The number of aliphatic imine (C=N–C) groups is 1. The number of urea groups is 1. The van der Waals surface area contributed by atoms with Crippen molar-refractivity contribution in [2.75, 3.05) is 0 Å². The van der Waals surface area contributed by atoms with Crippen molar-refractivity contribution >= 4 is 18.0 Å². The second-order valence-electron chi connectivity index (χ2n) is 3.43. The second kappa shape index (κ2) is 4.16. The molecule has 0 aromatic carbocycles. The van der Waals surface area contributed by atoms with Crippen molar-refractivity contribution in [3.8, 4) is 0 Å². The molecule has 0 radical (unpaired) electrons. The molecule has 4 nitrogen and oxygen atoms in total. The first-order valence-electron chi connectivity index (χ1n) is 4.49. The molecular weight excluding hydrogens is 166 g/mol. The van der Waals surface area contributed by atoms with Gasteiger partial charge in [-0.05, 0) is 19.8 Å². The van der Waals surface area contributed by atoms with Gasteiger partial charge in [-0.15, -0.1) is 0 Å². The number of hydrogen-bond donors (Lipinski definition) is 2. The van der Waals surface area contributed by atoms with Crippen LogP contribution in [-0.2, 0) is 0 Å². The summed E-state index contributed by atoms with van der Waals surface area (Å²) in [6.45, 7) is 3.61. The van der Waals surface area contributed by atoms with E-state index >= 15 is 0 Å². The van der Waals surface area contributed by atoms with Crippen molar-refractivity contribution in [2.24, 2.45) is 10.9 Å². The lowest BCUT2D eigenvalue weighted by atomic mass is 10.1. The summed E-state index contributed by atoms with van der Waals surface area (Å²) in [5.41, 5.74) is 0.688. The van der Waals surface area contributed by atoms with Gasteiger partial charge < -0.3 is 10.7 Å². The molecule has 0 bridgehead atoms. The van der Waals surface area contributed by atoms with Crippen LogP contribution >= 0.6 is 0 Å². The molecular formula is C9H15N3O. The van der Waals surface area contributed by atoms with Gasteiger partial charge in [0, 0.05) is 23.9 Å². The summed E-state index contributed by atoms with van der Waals surface area (Å²) in [4.78, 5) is 15.0. The number of nitrogens with one attached hydrogen (secondary N) is 2. The van der Waals surface area contributed by atoms with Gasteiger partial charge in [0.15, 0.2) is 0 Å². The summed E-state index contributed by atoms with van der Waals surface area (Å²) in [5.74, 6) is -0.0510. The third kappa shape index (κ3) is 3.36. The average molecular weight is 181 g/mol. The minimum atomic E-state index is -0.270. The number of carbonyl (C=O) groups excluding carboxylic acids is 1. The van der Waals surface area contributed by atoms with Crippen molar-refractivity contribution in [3.05, 3.63) is 0 Å². The van der Waals surface area contributed by atoms with Gasteiger partial charge in [-0.1, -0.05) is 6.92 Å². The van der Waals surface area contributed by atoms with E-state index in [1.807, 2.05) is 6.92 Å². The monoisotopic (exact) mass is 181 g/mol. The van der Waals surface area contributed by atoms with E-state index in [1.165, 1.54) is 6.21 Å². The lowest BCUT2D eigenvalue weighted by Crippen LogP contribution is -2.24. The van der Waals surface area contributed by atoms with Crippen molar-refractivity contribution in [1.82, 2.24) is 5.32 Å². The molecule has 4 heteroatoms. The summed E-state index contributed by atoms with van der Waals surface area (Å²) in [6, 6.07) is 0.0769. The Kier molecular flexibility index (Phi) is 3.17. The first-order valence-corrected chi connectivity index (χ1v) is 4.49. The van der Waals surface area contributed by atoms with Crippen LogP contribution < -0.4 is 5.32 Å². The van der Waals surface area contributed by atoms with Gasteiger partial charge in [-0.2, -0.15) is 0 Å². The zero-order chi connectivity index (χ0) is 9.84. The molecule has 0 aromatic rings. The lowest BCUT2D eigenvalue weighted by Gasteiger charge is -2.03. The van der Waals surface area contributed by atoms with Crippen LogP contribution in [0, 0.1) is 11.3 Å². The van der Waals surface area contributed by atoms with Gasteiger partial charge in [-0.3, -0.25) is 0 Å². The van der Waals surface area contributed by atoms with Gasteiger partial charge in [0.25, 0.3) is 0 Å². The largest absolute Gasteiger partial charge is 0.341 e. The maximum Gasteiger partial charge on any atom is 0.341 e. The van der Waals surface area contributed by atoms with Crippen LogP contribution in [0.4, 0.5) is 4.79 Å². The molecule has 1 saturated carbocycles. The molecule has 0 saturated heterocycles. The van der Waals surface area contributed by atoms with Gasteiger partial charge in [0.1, 0.15) is 0 Å². The Labute approximate surface area is 77.9 Å². The Morgan fingerprint density at radius 3 is 2.77 bits per heavy atom. The highest BCUT2D eigenvalue weighted by atomic mass is 16.2. The first-order chi connectivity index (χ1) is 6.13. The topological polar surface area (TPSA) is 65.3 Å². The predicted molar refractivity (Wildman–Crippen MR) is 52.6 cm³/mol. The molecule has 72 valence electrons. The number of nitrogens with zero attached hydrogens (tertiary/aromatic N) is 1. The van der Waals surface area contributed by atoms with E-state index in [9.17, 15) is 4.79 Å². The summed E-state index contributed by atoms with van der Waals surface area (Å²) in [6.07, 6.45) is 3.42. The Morgan fingerprint density at radius 2 is 2.31 bits per heavy atom.